The first kappa shape index (κ1) is 11.6. The van der Waals surface area contributed by atoms with Crippen LogP contribution in [-0.2, 0) is 0 Å². The van der Waals surface area contributed by atoms with Crippen molar-refractivity contribution in [2.45, 2.75) is 13.8 Å². The summed E-state index contributed by atoms with van der Waals surface area (Å²) in [5.74, 6) is 1.44. The second-order valence-electron chi connectivity index (χ2n) is 4.51. The molecular weight excluding hydrogens is 240 g/mol. The zero-order valence-corrected chi connectivity index (χ0v) is 11.1. The van der Waals surface area contributed by atoms with E-state index in [-0.39, 0.29) is 0 Å². The molecule has 0 radical (unpaired) electrons. The predicted octanol–water partition coefficient (Wildman–Crippen LogP) is 2.42. The number of aromatic nitrogens is 4. The van der Waals surface area contributed by atoms with Gasteiger partial charge in [0.2, 0.25) is 0 Å². The molecule has 0 atom stereocenters. The molecule has 0 aliphatic carbocycles. The number of hydrogen-bond acceptors (Lipinski definition) is 4. The lowest BCUT2D eigenvalue weighted by Crippen LogP contribution is -1.96. The van der Waals surface area contributed by atoms with Crippen LogP contribution in [-0.4, -0.2) is 26.7 Å². The molecule has 5 heteroatoms. The number of hydrogen-bond donors (Lipinski definition) is 0. The maximum absolute atomic E-state index is 5.48. The van der Waals surface area contributed by atoms with E-state index in [4.69, 9.17) is 4.74 Å². The highest BCUT2D eigenvalue weighted by molar-refractivity contribution is 5.73. The van der Waals surface area contributed by atoms with Crippen molar-refractivity contribution in [1.29, 1.82) is 0 Å². The van der Waals surface area contributed by atoms with Gasteiger partial charge < -0.3 is 4.74 Å². The predicted molar refractivity (Wildman–Crippen MR) is 72.2 cm³/mol. The molecule has 3 aromatic rings. The summed E-state index contributed by atoms with van der Waals surface area (Å²) >= 11 is 0. The van der Waals surface area contributed by atoms with Crippen molar-refractivity contribution in [3.05, 3.63) is 42.0 Å². The molecule has 96 valence electrons. The highest BCUT2D eigenvalue weighted by Crippen LogP contribution is 2.33. The molecule has 3 rings (SSSR count). The Labute approximate surface area is 110 Å². The van der Waals surface area contributed by atoms with E-state index in [1.165, 1.54) is 11.9 Å². The Hall–Kier alpha value is -2.43. The number of methoxy groups -OCH3 is 1. The highest BCUT2D eigenvalue weighted by atomic mass is 16.5. The fourth-order valence-corrected chi connectivity index (χ4v) is 2.31. The van der Waals surface area contributed by atoms with Gasteiger partial charge in [0.05, 0.1) is 7.11 Å². The van der Waals surface area contributed by atoms with E-state index in [1.54, 1.807) is 17.8 Å². The molecule has 0 aliphatic heterocycles. The largest absolute Gasteiger partial charge is 0.496 e. The molecule has 5 nitrogen and oxygen atoms in total. The summed E-state index contributed by atoms with van der Waals surface area (Å²) in [5.41, 5.74) is 4.33. The molecule has 0 N–H and O–H groups in total. The Balaban J connectivity index is 2.25. The minimum absolute atomic E-state index is 0.590. The maximum atomic E-state index is 5.48. The van der Waals surface area contributed by atoms with E-state index >= 15 is 0 Å². The van der Waals surface area contributed by atoms with Crippen LogP contribution in [0.4, 0.5) is 0 Å². The standard InChI is InChI=1S/C14H14N4O/c1-9-4-10(2)13(12(5-9)19-3)11-6-15-14-16-8-17-18(14)7-11/h4-8H,1-3H3. The zero-order chi connectivity index (χ0) is 13.4. The number of ether oxygens (including phenoxy) is 1. The lowest BCUT2D eigenvalue weighted by atomic mass is 9.99. The van der Waals surface area contributed by atoms with Crippen molar-refractivity contribution >= 4 is 5.78 Å². The van der Waals surface area contributed by atoms with Crippen molar-refractivity contribution < 1.29 is 4.74 Å². The fraction of sp³-hybridized carbons (Fsp3) is 0.214. The van der Waals surface area contributed by atoms with E-state index in [9.17, 15) is 0 Å². The molecule has 19 heavy (non-hydrogen) atoms. The number of aryl methyl sites for hydroxylation is 2. The summed E-state index contributed by atoms with van der Waals surface area (Å²) in [4.78, 5) is 8.33. The molecule has 2 aromatic heterocycles. The minimum atomic E-state index is 0.590. The van der Waals surface area contributed by atoms with E-state index in [0.717, 1.165) is 22.4 Å². The molecule has 0 saturated carbocycles. The molecule has 0 spiro atoms. The second kappa shape index (κ2) is 4.35. The Bertz CT molecular complexity index is 748. The van der Waals surface area contributed by atoms with Crippen molar-refractivity contribution in [2.75, 3.05) is 7.11 Å². The summed E-state index contributed by atoms with van der Waals surface area (Å²) in [6, 6.07) is 4.15. The van der Waals surface area contributed by atoms with Crippen LogP contribution in [0.1, 0.15) is 11.1 Å². The summed E-state index contributed by atoms with van der Waals surface area (Å²) in [7, 11) is 1.68. The summed E-state index contributed by atoms with van der Waals surface area (Å²) in [5, 5.41) is 4.11. The molecule has 0 amide bonds. The lowest BCUT2D eigenvalue weighted by Gasteiger charge is -2.12. The van der Waals surface area contributed by atoms with Crippen LogP contribution in [0, 0.1) is 13.8 Å². The van der Waals surface area contributed by atoms with Gasteiger partial charge in [-0.05, 0) is 31.0 Å². The van der Waals surface area contributed by atoms with E-state index in [1.807, 2.05) is 12.3 Å². The summed E-state index contributed by atoms with van der Waals surface area (Å²) in [6.45, 7) is 4.12. The number of fused-ring (bicyclic) bond motifs is 1. The Morgan fingerprint density at radius 1 is 1.16 bits per heavy atom. The van der Waals surface area contributed by atoms with Gasteiger partial charge in [0.15, 0.2) is 0 Å². The van der Waals surface area contributed by atoms with Crippen molar-refractivity contribution in [2.24, 2.45) is 0 Å². The third-order valence-corrected chi connectivity index (χ3v) is 3.09. The molecule has 0 unspecified atom stereocenters. The van der Waals surface area contributed by atoms with Gasteiger partial charge in [-0.2, -0.15) is 10.1 Å². The van der Waals surface area contributed by atoms with Gasteiger partial charge in [0.25, 0.3) is 5.78 Å². The van der Waals surface area contributed by atoms with Gasteiger partial charge in [-0.1, -0.05) is 6.07 Å². The molecular formula is C14H14N4O. The highest BCUT2D eigenvalue weighted by Gasteiger charge is 2.11. The van der Waals surface area contributed by atoms with Crippen LogP contribution in [0.25, 0.3) is 16.9 Å². The first-order chi connectivity index (χ1) is 9.19. The number of nitrogens with zero attached hydrogens (tertiary/aromatic N) is 4. The fourth-order valence-electron chi connectivity index (χ4n) is 2.31. The first-order valence-electron chi connectivity index (χ1n) is 6.00. The Morgan fingerprint density at radius 2 is 2.00 bits per heavy atom. The quantitative estimate of drug-likeness (QED) is 0.704. The van der Waals surface area contributed by atoms with Gasteiger partial charge in [-0.15, -0.1) is 0 Å². The molecule has 0 bridgehead atoms. The average Bonchev–Trinajstić information content (AvgIpc) is 2.84. The minimum Gasteiger partial charge on any atom is -0.496 e. The number of benzene rings is 1. The van der Waals surface area contributed by atoms with Crippen LogP contribution in [0.5, 0.6) is 5.75 Å². The van der Waals surface area contributed by atoms with Crippen molar-refractivity contribution in [1.82, 2.24) is 19.6 Å². The smallest absolute Gasteiger partial charge is 0.252 e. The average molecular weight is 254 g/mol. The van der Waals surface area contributed by atoms with Gasteiger partial charge in [-0.3, -0.25) is 0 Å². The van der Waals surface area contributed by atoms with E-state index in [2.05, 4.69) is 35.0 Å². The van der Waals surface area contributed by atoms with Crippen molar-refractivity contribution in [3.8, 4) is 16.9 Å². The molecule has 2 heterocycles. The van der Waals surface area contributed by atoms with Crippen LogP contribution >= 0.6 is 0 Å². The summed E-state index contributed by atoms with van der Waals surface area (Å²) < 4.78 is 7.14. The molecule has 1 aromatic carbocycles. The molecule has 0 aliphatic rings. The zero-order valence-electron chi connectivity index (χ0n) is 11.1. The molecule has 0 fully saturated rings. The first-order valence-corrected chi connectivity index (χ1v) is 6.00. The van der Waals surface area contributed by atoms with Gasteiger partial charge in [-0.25, -0.2) is 9.50 Å². The van der Waals surface area contributed by atoms with Crippen LogP contribution in [0.3, 0.4) is 0 Å². The Kier molecular flexibility index (Phi) is 2.67. The van der Waals surface area contributed by atoms with Gasteiger partial charge in [0, 0.05) is 23.5 Å². The topological polar surface area (TPSA) is 52.3 Å². The monoisotopic (exact) mass is 254 g/mol. The Morgan fingerprint density at radius 3 is 2.79 bits per heavy atom. The third kappa shape index (κ3) is 1.93. The third-order valence-electron chi connectivity index (χ3n) is 3.09. The van der Waals surface area contributed by atoms with Gasteiger partial charge in [0.1, 0.15) is 12.1 Å². The van der Waals surface area contributed by atoms with Crippen LogP contribution in [0.15, 0.2) is 30.9 Å². The maximum Gasteiger partial charge on any atom is 0.252 e. The molecule has 0 saturated heterocycles. The van der Waals surface area contributed by atoms with E-state index < -0.39 is 0 Å². The number of rotatable bonds is 2. The lowest BCUT2D eigenvalue weighted by molar-refractivity contribution is 0.416. The van der Waals surface area contributed by atoms with Crippen molar-refractivity contribution in [3.63, 3.8) is 0 Å². The second-order valence-corrected chi connectivity index (χ2v) is 4.51. The van der Waals surface area contributed by atoms with Crippen LogP contribution < -0.4 is 4.74 Å². The SMILES string of the molecule is COc1cc(C)cc(C)c1-c1cnc2ncnn2c1. The summed E-state index contributed by atoms with van der Waals surface area (Å²) in [6.07, 6.45) is 5.20. The van der Waals surface area contributed by atoms with Gasteiger partial charge >= 0.3 is 0 Å². The van der Waals surface area contributed by atoms with Crippen LogP contribution in [0.2, 0.25) is 0 Å². The normalized spacial score (nSPS) is 10.9. The van der Waals surface area contributed by atoms with E-state index in [0.29, 0.717) is 5.78 Å².